The maximum Gasteiger partial charge on any atom is 0.0282 e. The van der Waals surface area contributed by atoms with Crippen LogP contribution in [0, 0.1) is 0 Å². The van der Waals surface area contributed by atoms with Gasteiger partial charge in [-0.05, 0) is 37.7 Å². The lowest BCUT2D eigenvalue weighted by Gasteiger charge is -2.30. The van der Waals surface area contributed by atoms with Gasteiger partial charge in [0.1, 0.15) is 0 Å². The minimum atomic E-state index is 0.627. The Morgan fingerprint density at radius 3 is 2.86 bits per heavy atom. The summed E-state index contributed by atoms with van der Waals surface area (Å²) in [5.41, 5.74) is 0. The Labute approximate surface area is 96.2 Å². The maximum absolute atomic E-state index is 3.78. The lowest BCUT2D eigenvalue weighted by atomic mass is 10.1. The average molecular weight is 231 g/mol. The summed E-state index contributed by atoms with van der Waals surface area (Å²) in [5.74, 6) is 1.37. The van der Waals surface area contributed by atoms with Crippen LogP contribution in [0.15, 0.2) is 0 Å². The van der Waals surface area contributed by atoms with E-state index in [1.807, 2.05) is 0 Å². The van der Waals surface area contributed by atoms with Crippen molar-refractivity contribution in [3.8, 4) is 0 Å². The molecule has 1 nitrogen and oxygen atoms in total. The molecule has 1 N–H and O–H groups in total. The van der Waals surface area contributed by atoms with Gasteiger partial charge in [0.25, 0.3) is 0 Å². The maximum atomic E-state index is 3.78. The minimum absolute atomic E-state index is 0.627. The van der Waals surface area contributed by atoms with Crippen molar-refractivity contribution in [3.05, 3.63) is 0 Å². The first-order valence-corrected chi connectivity index (χ1v) is 7.93. The first-order chi connectivity index (χ1) is 6.76. The third-order valence-corrected chi connectivity index (χ3v) is 6.33. The molecule has 1 heterocycles. The zero-order chi connectivity index (χ0) is 10.0. The summed E-state index contributed by atoms with van der Waals surface area (Å²) in [6, 6.07) is 0.776. The number of rotatable bonds is 4. The van der Waals surface area contributed by atoms with Gasteiger partial charge in [0.15, 0.2) is 0 Å². The van der Waals surface area contributed by atoms with Crippen LogP contribution in [0.5, 0.6) is 0 Å². The molecule has 14 heavy (non-hydrogen) atoms. The Kier molecular flexibility index (Phi) is 3.72. The summed E-state index contributed by atoms with van der Waals surface area (Å²) >= 11 is 4.19. The van der Waals surface area contributed by atoms with Crippen LogP contribution in [-0.4, -0.2) is 34.6 Å². The molecule has 0 radical (unpaired) electrons. The molecular formula is C11H21NS2. The summed E-state index contributed by atoms with van der Waals surface area (Å²) in [4.78, 5) is 0. The molecule has 2 aliphatic rings. The smallest absolute Gasteiger partial charge is 0.0282 e. The highest BCUT2D eigenvalue weighted by Gasteiger charge is 2.42. The second-order valence-corrected chi connectivity index (χ2v) is 7.35. The van der Waals surface area contributed by atoms with Crippen molar-refractivity contribution in [2.75, 3.05) is 18.6 Å². The highest BCUT2D eigenvalue weighted by atomic mass is 32.2. The standard InChI is InChI=1S/C11H21NS2/c1-9-10(4-3-7-14-9)12-8-11(13-2)5-6-11/h9-10,12H,3-8H2,1-2H3. The number of nitrogens with one attached hydrogen (secondary N) is 1. The molecule has 2 unspecified atom stereocenters. The van der Waals surface area contributed by atoms with Crippen LogP contribution in [-0.2, 0) is 0 Å². The molecule has 0 spiro atoms. The first kappa shape index (κ1) is 11.2. The Morgan fingerprint density at radius 1 is 1.50 bits per heavy atom. The minimum Gasteiger partial charge on any atom is -0.312 e. The second kappa shape index (κ2) is 4.67. The Bertz CT molecular complexity index is 192. The van der Waals surface area contributed by atoms with Gasteiger partial charge in [-0.3, -0.25) is 0 Å². The highest BCUT2D eigenvalue weighted by molar-refractivity contribution is 8.00. The van der Waals surface area contributed by atoms with E-state index in [1.165, 1.54) is 38.0 Å². The monoisotopic (exact) mass is 231 g/mol. The van der Waals surface area contributed by atoms with Crippen molar-refractivity contribution in [1.82, 2.24) is 5.32 Å². The summed E-state index contributed by atoms with van der Waals surface area (Å²) in [5, 5.41) is 4.60. The second-order valence-electron chi connectivity index (χ2n) is 4.59. The zero-order valence-corrected chi connectivity index (χ0v) is 10.8. The molecule has 2 rings (SSSR count). The fourth-order valence-corrected chi connectivity index (χ4v) is 4.01. The average Bonchev–Trinajstić information content (AvgIpc) is 2.98. The predicted molar refractivity (Wildman–Crippen MR) is 68.4 cm³/mol. The van der Waals surface area contributed by atoms with Crippen LogP contribution in [0.3, 0.4) is 0 Å². The van der Waals surface area contributed by atoms with Gasteiger partial charge in [0, 0.05) is 22.6 Å². The number of thioether (sulfide) groups is 2. The van der Waals surface area contributed by atoms with Gasteiger partial charge in [-0.2, -0.15) is 23.5 Å². The van der Waals surface area contributed by atoms with E-state index in [9.17, 15) is 0 Å². The third-order valence-electron chi connectivity index (χ3n) is 3.53. The molecule has 0 bridgehead atoms. The fraction of sp³-hybridized carbons (Fsp3) is 1.00. The van der Waals surface area contributed by atoms with E-state index in [4.69, 9.17) is 0 Å². The van der Waals surface area contributed by atoms with Crippen LogP contribution in [0.25, 0.3) is 0 Å². The van der Waals surface area contributed by atoms with Gasteiger partial charge in [0.05, 0.1) is 0 Å². The highest BCUT2D eigenvalue weighted by Crippen LogP contribution is 2.46. The lowest BCUT2D eigenvalue weighted by molar-refractivity contribution is 0.460. The van der Waals surface area contributed by atoms with Crippen molar-refractivity contribution < 1.29 is 0 Å². The molecule has 3 heteroatoms. The zero-order valence-electron chi connectivity index (χ0n) is 9.21. The fourth-order valence-electron chi connectivity index (χ4n) is 2.10. The van der Waals surface area contributed by atoms with Gasteiger partial charge >= 0.3 is 0 Å². The van der Waals surface area contributed by atoms with Crippen LogP contribution >= 0.6 is 23.5 Å². The quantitative estimate of drug-likeness (QED) is 0.799. The van der Waals surface area contributed by atoms with Crippen LogP contribution < -0.4 is 5.32 Å². The Morgan fingerprint density at radius 2 is 2.29 bits per heavy atom. The summed E-state index contributed by atoms with van der Waals surface area (Å²) < 4.78 is 0.627. The van der Waals surface area contributed by atoms with Gasteiger partial charge in [0.2, 0.25) is 0 Å². The van der Waals surface area contributed by atoms with Gasteiger partial charge in [-0.15, -0.1) is 0 Å². The molecule has 2 fully saturated rings. The summed E-state index contributed by atoms with van der Waals surface area (Å²) in [7, 11) is 0. The van der Waals surface area contributed by atoms with E-state index in [0.717, 1.165) is 11.3 Å². The van der Waals surface area contributed by atoms with Gasteiger partial charge in [-0.25, -0.2) is 0 Å². The summed E-state index contributed by atoms with van der Waals surface area (Å²) in [6.07, 6.45) is 7.90. The molecule has 82 valence electrons. The Balaban J connectivity index is 1.73. The van der Waals surface area contributed by atoms with Crippen molar-refractivity contribution in [2.24, 2.45) is 0 Å². The van der Waals surface area contributed by atoms with E-state index in [1.54, 1.807) is 0 Å². The van der Waals surface area contributed by atoms with Gasteiger partial charge < -0.3 is 5.32 Å². The molecule has 0 aromatic heterocycles. The predicted octanol–water partition coefficient (Wildman–Crippen LogP) is 2.76. The molecule has 0 aromatic carbocycles. The van der Waals surface area contributed by atoms with Gasteiger partial charge in [-0.1, -0.05) is 6.92 Å². The SMILES string of the molecule is CSC1(CNC2CCCSC2C)CC1. The molecule has 2 atom stereocenters. The third kappa shape index (κ3) is 2.61. The molecule has 1 aliphatic carbocycles. The topological polar surface area (TPSA) is 12.0 Å². The molecule has 0 amide bonds. The van der Waals surface area contributed by atoms with Crippen molar-refractivity contribution in [2.45, 2.75) is 48.6 Å². The van der Waals surface area contributed by atoms with E-state index >= 15 is 0 Å². The normalized spacial score (nSPS) is 35.6. The molecular weight excluding hydrogens is 210 g/mol. The van der Waals surface area contributed by atoms with E-state index in [0.29, 0.717) is 4.75 Å². The molecule has 0 aromatic rings. The van der Waals surface area contributed by atoms with E-state index in [2.05, 4.69) is 42.0 Å². The molecule has 1 aliphatic heterocycles. The first-order valence-electron chi connectivity index (χ1n) is 5.66. The van der Waals surface area contributed by atoms with Crippen molar-refractivity contribution in [1.29, 1.82) is 0 Å². The van der Waals surface area contributed by atoms with Crippen molar-refractivity contribution in [3.63, 3.8) is 0 Å². The van der Waals surface area contributed by atoms with E-state index in [-0.39, 0.29) is 0 Å². The van der Waals surface area contributed by atoms with E-state index < -0.39 is 0 Å². The Hall–Kier alpha value is 0.660. The van der Waals surface area contributed by atoms with Crippen LogP contribution in [0.4, 0.5) is 0 Å². The number of hydrogen-bond acceptors (Lipinski definition) is 3. The molecule has 1 saturated heterocycles. The van der Waals surface area contributed by atoms with Crippen LogP contribution in [0.1, 0.15) is 32.6 Å². The van der Waals surface area contributed by atoms with Crippen molar-refractivity contribution >= 4 is 23.5 Å². The lowest BCUT2D eigenvalue weighted by Crippen LogP contribution is -2.42. The number of hydrogen-bond donors (Lipinski definition) is 1. The van der Waals surface area contributed by atoms with Crippen LogP contribution in [0.2, 0.25) is 0 Å². The molecule has 1 saturated carbocycles. The summed E-state index contributed by atoms with van der Waals surface area (Å²) in [6.45, 7) is 3.61. The largest absolute Gasteiger partial charge is 0.312 e.